The van der Waals surface area contributed by atoms with Gasteiger partial charge in [0.1, 0.15) is 12.4 Å². The normalized spacial score (nSPS) is 24.2. The predicted molar refractivity (Wildman–Crippen MR) is 85.5 cm³/mol. The van der Waals surface area contributed by atoms with Gasteiger partial charge in [-0.05, 0) is 24.6 Å². The van der Waals surface area contributed by atoms with Gasteiger partial charge < -0.3 is 19.5 Å². The Morgan fingerprint density at radius 1 is 1.38 bits per heavy atom. The minimum Gasteiger partial charge on any atom is -0.490 e. The van der Waals surface area contributed by atoms with E-state index in [0.29, 0.717) is 37.6 Å². The zero-order valence-electron chi connectivity index (χ0n) is 13.3. The number of nitrogens with zero attached hydrogens (tertiary/aromatic N) is 1. The van der Waals surface area contributed by atoms with Crippen molar-refractivity contribution in [3.05, 3.63) is 18.2 Å². The summed E-state index contributed by atoms with van der Waals surface area (Å²) in [5, 5.41) is 9.91. The lowest BCUT2D eigenvalue weighted by Gasteiger charge is -2.30. The molecule has 1 amide bonds. The van der Waals surface area contributed by atoms with Gasteiger partial charge in [-0.1, -0.05) is 0 Å². The van der Waals surface area contributed by atoms with E-state index in [1.165, 1.54) is 30.0 Å². The van der Waals surface area contributed by atoms with Crippen LogP contribution in [-0.4, -0.2) is 57.9 Å². The largest absolute Gasteiger partial charge is 0.490 e. The zero-order chi connectivity index (χ0) is 17.3. The fraction of sp³-hybridized carbons (Fsp3) is 0.533. The van der Waals surface area contributed by atoms with E-state index in [2.05, 4.69) is 4.72 Å². The summed E-state index contributed by atoms with van der Waals surface area (Å²) in [6.45, 7) is 2.68. The molecule has 0 aliphatic carbocycles. The molecule has 2 heterocycles. The molecule has 2 N–H and O–H groups in total. The number of carbonyl (C=O) groups excluding carboxylic acids is 1. The number of nitrogens with one attached hydrogen (secondary N) is 1. The first-order chi connectivity index (χ1) is 11.4. The summed E-state index contributed by atoms with van der Waals surface area (Å²) < 4.78 is 38.3. The number of sulfonamides is 1. The van der Waals surface area contributed by atoms with Crippen molar-refractivity contribution in [3.63, 3.8) is 0 Å². The molecule has 0 bridgehead atoms. The van der Waals surface area contributed by atoms with Crippen LogP contribution >= 0.6 is 0 Å². The van der Waals surface area contributed by atoms with Gasteiger partial charge in [-0.3, -0.25) is 4.79 Å². The lowest BCUT2D eigenvalue weighted by Crippen LogP contribution is -2.49. The van der Waals surface area contributed by atoms with Crippen molar-refractivity contribution in [2.24, 2.45) is 0 Å². The van der Waals surface area contributed by atoms with Gasteiger partial charge in [-0.25, -0.2) is 13.1 Å². The number of amides is 1. The Hall–Kier alpha value is -1.68. The molecule has 1 fully saturated rings. The molecule has 24 heavy (non-hydrogen) atoms. The predicted octanol–water partition coefficient (Wildman–Crippen LogP) is -0.140. The lowest BCUT2D eigenvalue weighted by molar-refractivity contribution is -0.116. The molecule has 0 saturated carbocycles. The first-order valence-electron chi connectivity index (χ1n) is 7.71. The molecule has 0 radical (unpaired) electrons. The van der Waals surface area contributed by atoms with Crippen LogP contribution in [0.5, 0.6) is 5.75 Å². The van der Waals surface area contributed by atoms with Gasteiger partial charge in [0.2, 0.25) is 15.9 Å². The lowest BCUT2D eigenvalue weighted by atomic mass is 10.1. The Bertz CT molecular complexity index is 735. The highest BCUT2D eigenvalue weighted by molar-refractivity contribution is 7.89. The second kappa shape index (κ2) is 6.67. The maximum Gasteiger partial charge on any atom is 0.241 e. The van der Waals surface area contributed by atoms with E-state index < -0.39 is 22.2 Å². The topological polar surface area (TPSA) is 105 Å². The highest BCUT2D eigenvalue weighted by Crippen LogP contribution is 2.34. The molecule has 1 saturated heterocycles. The molecule has 2 aliphatic rings. The third kappa shape index (κ3) is 3.39. The Balaban J connectivity index is 1.88. The minimum absolute atomic E-state index is 0.00998. The van der Waals surface area contributed by atoms with Crippen LogP contribution in [0.25, 0.3) is 0 Å². The number of aliphatic hydroxyl groups excluding tert-OH is 1. The van der Waals surface area contributed by atoms with Crippen molar-refractivity contribution >= 4 is 21.6 Å². The summed E-state index contributed by atoms with van der Waals surface area (Å²) >= 11 is 0. The maximum atomic E-state index is 12.6. The summed E-state index contributed by atoms with van der Waals surface area (Å²) in [5.41, 5.74) is 0.428. The van der Waals surface area contributed by atoms with Crippen molar-refractivity contribution in [1.82, 2.24) is 4.72 Å². The van der Waals surface area contributed by atoms with Gasteiger partial charge in [-0.15, -0.1) is 0 Å². The Morgan fingerprint density at radius 2 is 2.17 bits per heavy atom. The van der Waals surface area contributed by atoms with Crippen LogP contribution in [0.3, 0.4) is 0 Å². The molecule has 2 aliphatic heterocycles. The molecule has 0 unspecified atom stereocenters. The van der Waals surface area contributed by atoms with E-state index in [-0.39, 0.29) is 17.4 Å². The molecule has 0 spiro atoms. The molecular weight excluding hydrogens is 336 g/mol. The summed E-state index contributed by atoms with van der Waals surface area (Å²) in [4.78, 5) is 13.2. The molecular formula is C15H20N2O6S. The number of aliphatic hydroxyl groups is 1. The van der Waals surface area contributed by atoms with E-state index in [4.69, 9.17) is 9.47 Å². The van der Waals surface area contributed by atoms with Crippen LogP contribution in [-0.2, 0) is 19.6 Å². The highest BCUT2D eigenvalue weighted by atomic mass is 32.2. The molecule has 3 rings (SSSR count). The summed E-state index contributed by atoms with van der Waals surface area (Å²) in [7, 11) is -3.86. The summed E-state index contributed by atoms with van der Waals surface area (Å²) in [5.74, 6) is 0.287. The minimum atomic E-state index is -3.86. The Kier molecular flexibility index (Phi) is 4.77. The fourth-order valence-electron chi connectivity index (χ4n) is 2.80. The van der Waals surface area contributed by atoms with Crippen LogP contribution in [0.1, 0.15) is 13.3 Å². The number of benzene rings is 1. The van der Waals surface area contributed by atoms with E-state index in [9.17, 15) is 18.3 Å². The van der Waals surface area contributed by atoms with E-state index in [1.54, 1.807) is 0 Å². The number of hydrogen-bond donors (Lipinski definition) is 2. The molecule has 132 valence electrons. The van der Waals surface area contributed by atoms with E-state index in [0.717, 1.165) is 0 Å². The molecule has 8 nitrogen and oxygen atoms in total. The maximum absolute atomic E-state index is 12.6. The first-order valence-corrected chi connectivity index (χ1v) is 9.20. The molecule has 2 atom stereocenters. The number of rotatable bonds is 3. The van der Waals surface area contributed by atoms with Crippen molar-refractivity contribution in [3.8, 4) is 5.75 Å². The highest BCUT2D eigenvalue weighted by Gasteiger charge is 2.30. The van der Waals surface area contributed by atoms with E-state index >= 15 is 0 Å². The van der Waals surface area contributed by atoms with Gasteiger partial charge in [0.25, 0.3) is 0 Å². The summed E-state index contributed by atoms with van der Waals surface area (Å²) in [6.07, 6.45) is -0.410. The van der Waals surface area contributed by atoms with Crippen molar-refractivity contribution in [2.45, 2.75) is 30.4 Å². The number of ether oxygens (including phenoxy) is 2. The molecule has 1 aromatic rings. The second-order valence-electron chi connectivity index (χ2n) is 5.81. The van der Waals surface area contributed by atoms with Gasteiger partial charge in [0, 0.05) is 13.5 Å². The van der Waals surface area contributed by atoms with Crippen molar-refractivity contribution in [1.29, 1.82) is 0 Å². The van der Waals surface area contributed by atoms with Gasteiger partial charge in [0.05, 0.1) is 35.9 Å². The van der Waals surface area contributed by atoms with Crippen LogP contribution in [0, 0.1) is 0 Å². The van der Waals surface area contributed by atoms with E-state index in [1.807, 2.05) is 0 Å². The third-order valence-corrected chi connectivity index (χ3v) is 5.60. The number of fused-ring (bicyclic) bond motifs is 1. The Morgan fingerprint density at radius 3 is 2.88 bits per heavy atom. The number of anilines is 1. The molecule has 0 aromatic heterocycles. The van der Waals surface area contributed by atoms with Gasteiger partial charge >= 0.3 is 0 Å². The fourth-order valence-corrected chi connectivity index (χ4v) is 4.07. The SMILES string of the molecule is CC(=O)N1CCOc2ccc(S(=O)(=O)N[C@@H]3COCC[C@H]3O)cc21. The average molecular weight is 356 g/mol. The van der Waals surface area contributed by atoms with Crippen LogP contribution in [0.4, 0.5) is 5.69 Å². The number of hydrogen-bond acceptors (Lipinski definition) is 6. The number of carbonyl (C=O) groups is 1. The Labute approximate surface area is 140 Å². The second-order valence-corrected chi connectivity index (χ2v) is 7.52. The third-order valence-electron chi connectivity index (χ3n) is 4.11. The van der Waals surface area contributed by atoms with Gasteiger partial charge in [0.15, 0.2) is 0 Å². The average Bonchev–Trinajstić information content (AvgIpc) is 2.55. The standard InChI is InChI=1S/C15H20N2O6S/c1-10(18)17-5-7-23-15-3-2-11(8-13(15)17)24(20,21)16-12-9-22-6-4-14(12)19/h2-3,8,12,14,16,19H,4-7,9H2,1H3/t12-,14-/m1/s1. The van der Waals surface area contributed by atoms with Crippen molar-refractivity contribution < 1.29 is 27.8 Å². The monoisotopic (exact) mass is 356 g/mol. The zero-order valence-corrected chi connectivity index (χ0v) is 14.1. The van der Waals surface area contributed by atoms with Gasteiger partial charge in [-0.2, -0.15) is 0 Å². The quantitative estimate of drug-likeness (QED) is 0.781. The van der Waals surface area contributed by atoms with Crippen LogP contribution in [0.2, 0.25) is 0 Å². The smallest absolute Gasteiger partial charge is 0.241 e. The molecule has 1 aromatic carbocycles. The van der Waals surface area contributed by atoms with Crippen LogP contribution in [0.15, 0.2) is 23.1 Å². The molecule has 9 heteroatoms. The first kappa shape index (κ1) is 17.2. The summed E-state index contributed by atoms with van der Waals surface area (Å²) in [6, 6.07) is 3.67. The van der Waals surface area contributed by atoms with Crippen molar-refractivity contribution in [2.75, 3.05) is 31.3 Å². The van der Waals surface area contributed by atoms with Crippen LogP contribution < -0.4 is 14.4 Å².